The predicted molar refractivity (Wildman–Crippen MR) is 77.0 cm³/mol. The maximum atomic E-state index is 6.14. The fourth-order valence-electron chi connectivity index (χ4n) is 1.92. The van der Waals surface area contributed by atoms with E-state index in [0.717, 1.165) is 22.6 Å². The van der Waals surface area contributed by atoms with E-state index in [9.17, 15) is 0 Å². The summed E-state index contributed by atoms with van der Waals surface area (Å²) in [5.41, 5.74) is 2.19. The number of aryl methyl sites for hydroxylation is 2. The van der Waals surface area contributed by atoms with Gasteiger partial charge in [-0.25, -0.2) is 0 Å². The molecule has 2 rings (SSSR count). The molecule has 2 aromatic rings. The summed E-state index contributed by atoms with van der Waals surface area (Å²) in [6.45, 7) is 3.90. The molecule has 0 amide bonds. The predicted octanol–water partition coefficient (Wildman–Crippen LogP) is 5.04. The van der Waals surface area contributed by atoms with Crippen LogP contribution in [0.3, 0.4) is 0 Å². The summed E-state index contributed by atoms with van der Waals surface area (Å²) in [6.07, 6.45) is 0. The smallest absolute Gasteiger partial charge is 0.137 e. The molecule has 0 saturated heterocycles. The van der Waals surface area contributed by atoms with E-state index >= 15 is 0 Å². The first-order chi connectivity index (χ1) is 8.52. The molecule has 0 N–H and O–H groups in total. The van der Waals surface area contributed by atoms with Crippen LogP contribution in [0, 0.1) is 13.8 Å². The van der Waals surface area contributed by atoms with Gasteiger partial charge in [0.05, 0.1) is 17.0 Å². The van der Waals surface area contributed by atoms with Gasteiger partial charge in [0.1, 0.15) is 17.3 Å². The minimum Gasteiger partial charge on any atom is -0.495 e. The highest BCUT2D eigenvalue weighted by atomic mass is 79.9. The zero-order valence-electron chi connectivity index (χ0n) is 10.5. The Balaban J connectivity index is 2.37. The number of hydrogen-bond donors (Lipinski definition) is 0. The first kappa shape index (κ1) is 13.5. The molecule has 0 aliphatic carbocycles. The number of alkyl halides is 1. The summed E-state index contributed by atoms with van der Waals surface area (Å²) < 4.78 is 10.7. The van der Waals surface area contributed by atoms with Crippen LogP contribution in [0.4, 0.5) is 0 Å². The average Bonchev–Trinajstić information content (AvgIpc) is 2.67. The van der Waals surface area contributed by atoms with Crippen molar-refractivity contribution >= 4 is 27.5 Å². The van der Waals surface area contributed by atoms with Crippen LogP contribution in [0.25, 0.3) is 0 Å². The van der Waals surface area contributed by atoms with Gasteiger partial charge >= 0.3 is 0 Å². The number of benzene rings is 1. The summed E-state index contributed by atoms with van der Waals surface area (Å²) in [5.74, 6) is 2.51. The van der Waals surface area contributed by atoms with Gasteiger partial charge in [-0.3, -0.25) is 0 Å². The molecule has 1 aromatic carbocycles. The van der Waals surface area contributed by atoms with Crippen molar-refractivity contribution < 1.29 is 9.15 Å². The molecule has 0 saturated carbocycles. The van der Waals surface area contributed by atoms with Gasteiger partial charge in [0.25, 0.3) is 0 Å². The Bertz CT molecular complexity index is 563. The number of ether oxygens (including phenoxy) is 1. The van der Waals surface area contributed by atoms with E-state index in [1.54, 1.807) is 7.11 Å². The Kier molecular flexibility index (Phi) is 4.03. The molecule has 0 aliphatic heterocycles. The molecule has 1 unspecified atom stereocenters. The number of hydrogen-bond acceptors (Lipinski definition) is 2. The lowest BCUT2D eigenvalue weighted by Gasteiger charge is -2.11. The first-order valence-corrected chi connectivity index (χ1v) is 6.86. The zero-order chi connectivity index (χ0) is 13.3. The highest BCUT2D eigenvalue weighted by Crippen LogP contribution is 2.37. The van der Waals surface area contributed by atoms with Gasteiger partial charge in [-0.1, -0.05) is 33.6 Å². The third-order valence-corrected chi connectivity index (χ3v) is 4.14. The maximum absolute atomic E-state index is 6.14. The summed E-state index contributed by atoms with van der Waals surface area (Å²) in [4.78, 5) is 0.0679. The average molecular weight is 330 g/mol. The minimum absolute atomic E-state index is 0.0679. The quantitative estimate of drug-likeness (QED) is 0.736. The van der Waals surface area contributed by atoms with Crippen molar-refractivity contribution in [3.63, 3.8) is 0 Å². The number of rotatable bonds is 3. The molecule has 2 nitrogen and oxygen atoms in total. The number of furan rings is 1. The molecule has 0 fully saturated rings. The molecule has 0 bridgehead atoms. The van der Waals surface area contributed by atoms with E-state index in [1.165, 1.54) is 0 Å². The standard InChI is InChI=1S/C14H14BrClO2/c1-8-6-11(9(2)18-8)14(15)10-4-5-13(17-3)12(16)7-10/h4-7,14H,1-3H3. The van der Waals surface area contributed by atoms with Crippen LogP contribution in [-0.2, 0) is 0 Å². The second kappa shape index (κ2) is 5.37. The van der Waals surface area contributed by atoms with Crippen LogP contribution < -0.4 is 4.74 Å². The summed E-state index contributed by atoms with van der Waals surface area (Å²) in [7, 11) is 1.61. The summed E-state index contributed by atoms with van der Waals surface area (Å²) >= 11 is 9.82. The van der Waals surface area contributed by atoms with Gasteiger partial charge in [0, 0.05) is 5.56 Å². The summed E-state index contributed by atoms with van der Waals surface area (Å²) in [6, 6.07) is 7.80. The lowest BCUT2D eigenvalue weighted by Crippen LogP contribution is -1.94. The Labute approximate surface area is 120 Å². The van der Waals surface area contributed by atoms with Gasteiger partial charge in [-0.2, -0.15) is 0 Å². The van der Waals surface area contributed by atoms with E-state index in [1.807, 2.05) is 38.1 Å². The Morgan fingerprint density at radius 1 is 1.28 bits per heavy atom. The van der Waals surface area contributed by atoms with Crippen LogP contribution in [0.1, 0.15) is 27.5 Å². The van der Waals surface area contributed by atoms with Crippen molar-refractivity contribution in [1.82, 2.24) is 0 Å². The largest absolute Gasteiger partial charge is 0.495 e. The van der Waals surface area contributed by atoms with Crippen LogP contribution in [-0.4, -0.2) is 7.11 Å². The molecule has 0 spiro atoms. The number of methoxy groups -OCH3 is 1. The molecular weight excluding hydrogens is 316 g/mol. The minimum atomic E-state index is 0.0679. The molecule has 18 heavy (non-hydrogen) atoms. The van der Waals surface area contributed by atoms with E-state index in [0.29, 0.717) is 10.8 Å². The lowest BCUT2D eigenvalue weighted by atomic mass is 10.1. The lowest BCUT2D eigenvalue weighted by molar-refractivity contribution is 0.415. The van der Waals surface area contributed by atoms with E-state index < -0.39 is 0 Å². The summed E-state index contributed by atoms with van der Waals surface area (Å²) in [5, 5.41) is 0.609. The monoisotopic (exact) mass is 328 g/mol. The fourth-order valence-corrected chi connectivity index (χ4v) is 2.93. The van der Waals surface area contributed by atoms with Gasteiger partial charge in [0.2, 0.25) is 0 Å². The van der Waals surface area contributed by atoms with E-state index in [-0.39, 0.29) is 4.83 Å². The van der Waals surface area contributed by atoms with E-state index in [2.05, 4.69) is 15.9 Å². The van der Waals surface area contributed by atoms with Crippen molar-refractivity contribution in [2.75, 3.05) is 7.11 Å². The SMILES string of the molecule is COc1ccc(C(Br)c2cc(C)oc2C)cc1Cl. The fraction of sp³-hybridized carbons (Fsp3) is 0.286. The second-order valence-electron chi connectivity index (χ2n) is 4.13. The topological polar surface area (TPSA) is 22.4 Å². The van der Waals surface area contributed by atoms with Crippen LogP contribution in [0.15, 0.2) is 28.7 Å². The van der Waals surface area contributed by atoms with E-state index in [4.69, 9.17) is 20.8 Å². The molecular formula is C14H14BrClO2. The van der Waals surface area contributed by atoms with Crippen LogP contribution in [0.2, 0.25) is 5.02 Å². The molecule has 1 heterocycles. The number of halogens is 2. The third-order valence-electron chi connectivity index (χ3n) is 2.82. The van der Waals surface area contributed by atoms with Gasteiger partial charge < -0.3 is 9.15 Å². The van der Waals surface area contributed by atoms with Crippen molar-refractivity contribution in [2.24, 2.45) is 0 Å². The normalized spacial score (nSPS) is 12.5. The Morgan fingerprint density at radius 3 is 2.50 bits per heavy atom. The van der Waals surface area contributed by atoms with Crippen LogP contribution in [0.5, 0.6) is 5.75 Å². The molecule has 0 radical (unpaired) electrons. The Morgan fingerprint density at radius 2 is 2.00 bits per heavy atom. The first-order valence-electron chi connectivity index (χ1n) is 5.57. The third kappa shape index (κ3) is 2.57. The molecule has 4 heteroatoms. The highest BCUT2D eigenvalue weighted by molar-refractivity contribution is 9.09. The second-order valence-corrected chi connectivity index (χ2v) is 5.45. The maximum Gasteiger partial charge on any atom is 0.137 e. The molecule has 0 aliphatic rings. The van der Waals surface area contributed by atoms with Gasteiger partial charge in [0.15, 0.2) is 0 Å². The van der Waals surface area contributed by atoms with Crippen molar-refractivity contribution in [3.8, 4) is 5.75 Å². The van der Waals surface area contributed by atoms with Crippen molar-refractivity contribution in [2.45, 2.75) is 18.7 Å². The van der Waals surface area contributed by atoms with Gasteiger partial charge in [-0.15, -0.1) is 0 Å². The van der Waals surface area contributed by atoms with Crippen LogP contribution >= 0.6 is 27.5 Å². The zero-order valence-corrected chi connectivity index (χ0v) is 12.8. The molecule has 1 aromatic heterocycles. The molecule has 96 valence electrons. The van der Waals surface area contributed by atoms with Gasteiger partial charge in [-0.05, 0) is 37.6 Å². The highest BCUT2D eigenvalue weighted by Gasteiger charge is 2.17. The Hall–Kier alpha value is -0.930. The molecule has 1 atom stereocenters. The van der Waals surface area contributed by atoms with Crippen molar-refractivity contribution in [3.05, 3.63) is 51.9 Å². The van der Waals surface area contributed by atoms with Crippen molar-refractivity contribution in [1.29, 1.82) is 0 Å².